The molecule has 0 N–H and O–H groups in total. The lowest BCUT2D eigenvalue weighted by Crippen LogP contribution is -2.08. The summed E-state index contributed by atoms with van der Waals surface area (Å²) in [5.74, 6) is 0. The van der Waals surface area contributed by atoms with E-state index in [0.717, 1.165) is 6.42 Å². The van der Waals surface area contributed by atoms with Crippen molar-refractivity contribution in [2.24, 2.45) is 0 Å². The highest BCUT2D eigenvalue weighted by Gasteiger charge is 2.16. The van der Waals surface area contributed by atoms with Crippen LogP contribution in [0, 0.1) is 0 Å². The van der Waals surface area contributed by atoms with Gasteiger partial charge in [-0.1, -0.05) is 66.7 Å². The fourth-order valence-corrected chi connectivity index (χ4v) is 2.33. The smallest absolute Gasteiger partial charge is 0.0869 e. The van der Waals surface area contributed by atoms with Crippen molar-refractivity contribution in [3.05, 3.63) is 77.4 Å². The zero-order chi connectivity index (χ0) is 12.2. The lowest BCUT2D eigenvalue weighted by atomic mass is 9.95. The van der Waals surface area contributed by atoms with Gasteiger partial charge >= 0.3 is 0 Å². The van der Waals surface area contributed by atoms with E-state index >= 15 is 0 Å². The van der Waals surface area contributed by atoms with E-state index < -0.39 is 0 Å². The fourth-order valence-electron chi connectivity index (χ4n) is 2.33. The third kappa shape index (κ3) is 2.36. The van der Waals surface area contributed by atoms with Crippen LogP contribution >= 0.6 is 0 Å². The SMILES string of the molecule is C1=Cc2ccccc2C(OCc2ccccc2)C1. The zero-order valence-corrected chi connectivity index (χ0v) is 10.3. The van der Waals surface area contributed by atoms with Crippen LogP contribution in [0.3, 0.4) is 0 Å². The van der Waals surface area contributed by atoms with Crippen molar-refractivity contribution in [3.63, 3.8) is 0 Å². The normalized spacial score (nSPS) is 17.4. The molecule has 0 aromatic heterocycles. The Bertz CT molecular complexity index is 543. The van der Waals surface area contributed by atoms with Crippen molar-refractivity contribution in [2.75, 3.05) is 0 Å². The van der Waals surface area contributed by atoms with Crippen molar-refractivity contribution in [1.82, 2.24) is 0 Å². The van der Waals surface area contributed by atoms with Crippen LogP contribution in [0.2, 0.25) is 0 Å². The molecule has 0 amide bonds. The van der Waals surface area contributed by atoms with Gasteiger partial charge in [0.1, 0.15) is 0 Å². The van der Waals surface area contributed by atoms with Gasteiger partial charge in [-0.05, 0) is 23.1 Å². The Morgan fingerprint density at radius 2 is 1.72 bits per heavy atom. The van der Waals surface area contributed by atoms with E-state index in [1.54, 1.807) is 0 Å². The summed E-state index contributed by atoms with van der Waals surface area (Å²) in [4.78, 5) is 0. The summed E-state index contributed by atoms with van der Waals surface area (Å²) in [5, 5.41) is 0. The van der Waals surface area contributed by atoms with Crippen molar-refractivity contribution in [3.8, 4) is 0 Å². The second-order valence-corrected chi connectivity index (χ2v) is 4.55. The highest BCUT2D eigenvalue weighted by atomic mass is 16.5. The minimum absolute atomic E-state index is 0.186. The van der Waals surface area contributed by atoms with E-state index in [1.807, 2.05) is 18.2 Å². The van der Waals surface area contributed by atoms with Crippen LogP contribution in [0.25, 0.3) is 6.08 Å². The van der Waals surface area contributed by atoms with Crippen LogP contribution in [0.15, 0.2) is 60.7 Å². The Morgan fingerprint density at radius 1 is 0.944 bits per heavy atom. The van der Waals surface area contributed by atoms with Crippen LogP contribution in [-0.2, 0) is 11.3 Å². The molecule has 1 heteroatoms. The van der Waals surface area contributed by atoms with Gasteiger partial charge in [-0.15, -0.1) is 0 Å². The Kier molecular flexibility index (Phi) is 3.24. The molecule has 0 spiro atoms. The van der Waals surface area contributed by atoms with E-state index in [4.69, 9.17) is 4.74 Å². The standard InChI is InChI=1S/C17H16O/c1-2-7-14(8-3-1)13-18-17-12-6-10-15-9-4-5-11-16(15)17/h1-11,17H,12-13H2. The molecule has 1 aliphatic rings. The van der Waals surface area contributed by atoms with Gasteiger partial charge in [-0.3, -0.25) is 0 Å². The summed E-state index contributed by atoms with van der Waals surface area (Å²) in [6.07, 6.45) is 5.52. The summed E-state index contributed by atoms with van der Waals surface area (Å²) in [6.45, 7) is 0.674. The molecule has 3 rings (SSSR count). The van der Waals surface area contributed by atoms with Gasteiger partial charge in [-0.2, -0.15) is 0 Å². The molecule has 0 fully saturated rings. The minimum atomic E-state index is 0.186. The van der Waals surface area contributed by atoms with Crippen molar-refractivity contribution < 1.29 is 4.74 Å². The van der Waals surface area contributed by atoms with Crippen LogP contribution in [0.5, 0.6) is 0 Å². The zero-order valence-electron chi connectivity index (χ0n) is 10.3. The number of benzene rings is 2. The molecular weight excluding hydrogens is 220 g/mol. The molecule has 90 valence electrons. The largest absolute Gasteiger partial charge is 0.369 e. The first-order chi connectivity index (χ1) is 8.93. The van der Waals surface area contributed by atoms with Gasteiger partial charge in [-0.25, -0.2) is 0 Å². The number of fused-ring (bicyclic) bond motifs is 1. The van der Waals surface area contributed by atoms with Gasteiger partial charge < -0.3 is 4.74 Å². The second-order valence-electron chi connectivity index (χ2n) is 4.55. The fraction of sp³-hybridized carbons (Fsp3) is 0.176. The number of hydrogen-bond acceptors (Lipinski definition) is 1. The minimum Gasteiger partial charge on any atom is -0.369 e. The molecule has 0 bridgehead atoms. The third-order valence-electron chi connectivity index (χ3n) is 3.28. The Hall–Kier alpha value is -1.86. The van der Waals surface area contributed by atoms with Crippen LogP contribution < -0.4 is 0 Å². The summed E-state index contributed by atoms with van der Waals surface area (Å²) in [5.41, 5.74) is 3.81. The maximum atomic E-state index is 6.04. The molecule has 1 aliphatic carbocycles. The van der Waals surface area contributed by atoms with E-state index in [9.17, 15) is 0 Å². The van der Waals surface area contributed by atoms with Crippen LogP contribution in [0.4, 0.5) is 0 Å². The lowest BCUT2D eigenvalue weighted by Gasteiger charge is -2.22. The average molecular weight is 236 g/mol. The van der Waals surface area contributed by atoms with Crippen LogP contribution in [0.1, 0.15) is 29.2 Å². The van der Waals surface area contributed by atoms with E-state index in [2.05, 4.69) is 48.6 Å². The summed E-state index contributed by atoms with van der Waals surface area (Å²) < 4.78 is 6.04. The molecule has 0 saturated carbocycles. The van der Waals surface area contributed by atoms with Crippen molar-refractivity contribution in [1.29, 1.82) is 0 Å². The first-order valence-electron chi connectivity index (χ1n) is 6.34. The second kappa shape index (κ2) is 5.19. The molecule has 0 radical (unpaired) electrons. The average Bonchev–Trinajstić information content (AvgIpc) is 2.46. The lowest BCUT2D eigenvalue weighted by molar-refractivity contribution is 0.0409. The Morgan fingerprint density at radius 3 is 2.61 bits per heavy atom. The molecule has 18 heavy (non-hydrogen) atoms. The molecular formula is C17H16O. The van der Waals surface area contributed by atoms with E-state index in [0.29, 0.717) is 6.61 Å². The number of ether oxygens (including phenoxy) is 1. The third-order valence-corrected chi connectivity index (χ3v) is 3.28. The van der Waals surface area contributed by atoms with Crippen molar-refractivity contribution in [2.45, 2.75) is 19.1 Å². The summed E-state index contributed by atoms with van der Waals surface area (Å²) in [7, 11) is 0. The van der Waals surface area contributed by atoms with Gasteiger partial charge in [0.05, 0.1) is 12.7 Å². The topological polar surface area (TPSA) is 9.23 Å². The van der Waals surface area contributed by atoms with Crippen LogP contribution in [-0.4, -0.2) is 0 Å². The molecule has 2 aromatic carbocycles. The quantitative estimate of drug-likeness (QED) is 0.769. The maximum Gasteiger partial charge on any atom is 0.0869 e. The first kappa shape index (κ1) is 11.2. The first-order valence-corrected chi connectivity index (χ1v) is 6.34. The molecule has 1 unspecified atom stereocenters. The predicted molar refractivity (Wildman–Crippen MR) is 74.1 cm³/mol. The molecule has 0 saturated heterocycles. The Labute approximate surface area is 108 Å². The number of hydrogen-bond donors (Lipinski definition) is 0. The van der Waals surface area contributed by atoms with Crippen molar-refractivity contribution >= 4 is 6.08 Å². The molecule has 1 atom stereocenters. The number of rotatable bonds is 3. The summed E-state index contributed by atoms with van der Waals surface area (Å²) >= 11 is 0. The predicted octanol–water partition coefficient (Wildman–Crippen LogP) is 4.36. The summed E-state index contributed by atoms with van der Waals surface area (Å²) in [6, 6.07) is 18.8. The molecule has 0 heterocycles. The van der Waals surface area contributed by atoms with E-state index in [-0.39, 0.29) is 6.10 Å². The Balaban J connectivity index is 1.73. The highest BCUT2D eigenvalue weighted by molar-refractivity contribution is 5.57. The maximum absolute atomic E-state index is 6.04. The van der Waals surface area contributed by atoms with Gasteiger partial charge in [0.25, 0.3) is 0 Å². The van der Waals surface area contributed by atoms with Gasteiger partial charge in [0.2, 0.25) is 0 Å². The molecule has 0 aliphatic heterocycles. The van der Waals surface area contributed by atoms with E-state index in [1.165, 1.54) is 16.7 Å². The molecule has 2 aromatic rings. The van der Waals surface area contributed by atoms with Gasteiger partial charge in [0, 0.05) is 0 Å². The van der Waals surface area contributed by atoms with Gasteiger partial charge in [0.15, 0.2) is 0 Å². The monoisotopic (exact) mass is 236 g/mol. The highest BCUT2D eigenvalue weighted by Crippen LogP contribution is 2.31. The molecule has 1 nitrogen and oxygen atoms in total.